The van der Waals surface area contributed by atoms with Gasteiger partial charge in [-0.2, -0.15) is 8.78 Å². The number of hydrogen-bond acceptors (Lipinski definition) is 5. The minimum Gasteiger partial charge on any atom is -0.493 e. The molecule has 0 aliphatic carbocycles. The van der Waals surface area contributed by atoms with E-state index in [1.165, 1.54) is 24.9 Å². The second-order valence-electron chi connectivity index (χ2n) is 5.57. The molecule has 5 nitrogen and oxygen atoms in total. The average Bonchev–Trinajstić information content (AvgIpc) is 3.11. The van der Waals surface area contributed by atoms with Crippen molar-refractivity contribution in [2.75, 3.05) is 7.11 Å². The van der Waals surface area contributed by atoms with Crippen molar-refractivity contribution < 1.29 is 18.3 Å². The number of hydrogen-bond donors (Lipinski definition) is 0. The summed E-state index contributed by atoms with van der Waals surface area (Å²) in [5, 5.41) is 9.45. The Morgan fingerprint density at radius 2 is 2.00 bits per heavy atom. The lowest BCUT2D eigenvalue weighted by Gasteiger charge is -2.11. The number of alkyl halides is 2. The Morgan fingerprint density at radius 1 is 1.19 bits per heavy atom. The van der Waals surface area contributed by atoms with Gasteiger partial charge in [0.05, 0.1) is 12.8 Å². The molecule has 9 heteroatoms. The van der Waals surface area contributed by atoms with E-state index in [0.717, 1.165) is 16.8 Å². The maximum Gasteiger partial charge on any atom is 0.387 e. The Balaban J connectivity index is 1.76. The molecule has 0 saturated carbocycles. The van der Waals surface area contributed by atoms with Crippen LogP contribution in [0.5, 0.6) is 11.5 Å². The molecule has 1 aromatic heterocycles. The molecule has 0 N–H and O–H groups in total. The largest absolute Gasteiger partial charge is 0.493 e. The predicted molar refractivity (Wildman–Crippen MR) is 100 cm³/mol. The van der Waals surface area contributed by atoms with Crippen LogP contribution in [0.25, 0.3) is 5.69 Å². The third kappa shape index (κ3) is 4.70. The number of ether oxygens (including phenoxy) is 2. The monoisotopic (exact) mass is 411 g/mol. The first-order chi connectivity index (χ1) is 13.0. The predicted octanol–water partition coefficient (Wildman–Crippen LogP) is 5.13. The third-order valence-electron chi connectivity index (χ3n) is 3.76. The van der Waals surface area contributed by atoms with Crippen LogP contribution in [-0.4, -0.2) is 28.5 Å². The van der Waals surface area contributed by atoms with Crippen LogP contribution in [-0.2, 0) is 5.75 Å². The summed E-state index contributed by atoms with van der Waals surface area (Å²) in [7, 11) is 1.41. The first-order valence-corrected chi connectivity index (χ1v) is 9.25. The fourth-order valence-corrected chi connectivity index (χ4v) is 3.42. The van der Waals surface area contributed by atoms with Crippen molar-refractivity contribution in [2.24, 2.45) is 0 Å². The summed E-state index contributed by atoms with van der Waals surface area (Å²) in [6.45, 7) is -0.970. The minimum absolute atomic E-state index is 0.00119. The molecule has 1 heterocycles. The molecule has 2 aromatic carbocycles. The molecular formula is C18H16ClF2N3O2S. The molecule has 0 bridgehead atoms. The van der Waals surface area contributed by atoms with Crippen LogP contribution in [0.2, 0.25) is 5.02 Å². The Kier molecular flexibility index (Phi) is 6.18. The molecule has 0 atom stereocenters. The van der Waals surface area contributed by atoms with Gasteiger partial charge in [-0.15, -0.1) is 10.2 Å². The van der Waals surface area contributed by atoms with E-state index in [9.17, 15) is 8.78 Å². The summed E-state index contributed by atoms with van der Waals surface area (Å²) >= 11 is 7.65. The summed E-state index contributed by atoms with van der Waals surface area (Å²) < 4.78 is 36.2. The second-order valence-corrected chi connectivity index (χ2v) is 6.92. The molecular weight excluding hydrogens is 396 g/mol. The lowest BCUT2D eigenvalue weighted by atomic mass is 10.2. The van der Waals surface area contributed by atoms with Crippen LogP contribution >= 0.6 is 23.4 Å². The van der Waals surface area contributed by atoms with E-state index in [0.29, 0.717) is 15.9 Å². The molecule has 0 saturated heterocycles. The number of aryl methyl sites for hydroxylation is 1. The van der Waals surface area contributed by atoms with Crippen molar-refractivity contribution in [3.8, 4) is 17.2 Å². The summed E-state index contributed by atoms with van der Waals surface area (Å²) in [5.74, 6) is 0.794. The summed E-state index contributed by atoms with van der Waals surface area (Å²) in [4.78, 5) is 0. The SMILES string of the molecule is COc1cc(CSc2nncn2-c2ccc(C)c(Cl)c2)ccc1OC(F)F. The highest BCUT2D eigenvalue weighted by Gasteiger charge is 2.13. The zero-order chi connectivity index (χ0) is 19.4. The van der Waals surface area contributed by atoms with E-state index in [-0.39, 0.29) is 11.5 Å². The van der Waals surface area contributed by atoms with Crippen molar-refractivity contribution in [1.82, 2.24) is 14.8 Å². The Bertz CT molecular complexity index is 937. The molecule has 0 fully saturated rings. The zero-order valence-corrected chi connectivity index (χ0v) is 16.1. The van der Waals surface area contributed by atoms with Gasteiger partial charge in [0.1, 0.15) is 6.33 Å². The van der Waals surface area contributed by atoms with E-state index >= 15 is 0 Å². The average molecular weight is 412 g/mol. The molecule has 0 unspecified atom stereocenters. The van der Waals surface area contributed by atoms with Crippen molar-refractivity contribution >= 4 is 23.4 Å². The molecule has 3 aromatic rings. The van der Waals surface area contributed by atoms with Gasteiger partial charge in [0, 0.05) is 10.8 Å². The first kappa shape index (κ1) is 19.4. The Hall–Kier alpha value is -2.32. The topological polar surface area (TPSA) is 49.2 Å². The quantitative estimate of drug-likeness (QED) is 0.504. The van der Waals surface area contributed by atoms with Gasteiger partial charge in [0.15, 0.2) is 16.7 Å². The molecule has 0 spiro atoms. The van der Waals surface area contributed by atoms with Crippen molar-refractivity contribution in [3.63, 3.8) is 0 Å². The second kappa shape index (κ2) is 8.58. The number of rotatable bonds is 7. The molecule has 27 heavy (non-hydrogen) atoms. The van der Waals surface area contributed by atoms with Gasteiger partial charge in [-0.1, -0.05) is 35.5 Å². The number of thioether (sulfide) groups is 1. The van der Waals surface area contributed by atoms with Crippen LogP contribution in [0.4, 0.5) is 8.78 Å². The zero-order valence-electron chi connectivity index (χ0n) is 14.5. The molecule has 0 aliphatic rings. The standard InChI is InChI=1S/C18H16ClF2N3O2S/c1-11-3-5-13(8-14(11)19)24-10-22-23-18(24)27-9-12-4-6-15(26-17(20)21)16(7-12)25-2/h3-8,10,17H,9H2,1-2H3. The van der Waals surface area contributed by atoms with Gasteiger partial charge in [0.25, 0.3) is 0 Å². The highest BCUT2D eigenvalue weighted by atomic mass is 35.5. The maximum atomic E-state index is 12.4. The van der Waals surface area contributed by atoms with Crippen LogP contribution in [0.15, 0.2) is 47.9 Å². The van der Waals surface area contributed by atoms with Crippen LogP contribution < -0.4 is 9.47 Å². The maximum absolute atomic E-state index is 12.4. The van der Waals surface area contributed by atoms with Gasteiger partial charge in [0.2, 0.25) is 0 Å². The number of benzene rings is 2. The third-order valence-corrected chi connectivity index (χ3v) is 5.18. The Morgan fingerprint density at radius 3 is 2.70 bits per heavy atom. The van der Waals surface area contributed by atoms with Gasteiger partial charge >= 0.3 is 6.61 Å². The summed E-state index contributed by atoms with van der Waals surface area (Å²) in [6.07, 6.45) is 1.61. The van der Waals surface area contributed by atoms with E-state index in [2.05, 4.69) is 14.9 Å². The fourth-order valence-electron chi connectivity index (χ4n) is 2.37. The van der Waals surface area contributed by atoms with Crippen molar-refractivity contribution in [1.29, 1.82) is 0 Å². The van der Waals surface area contributed by atoms with Gasteiger partial charge in [-0.25, -0.2) is 0 Å². The normalized spacial score (nSPS) is 11.0. The molecule has 142 valence electrons. The van der Waals surface area contributed by atoms with Gasteiger partial charge in [-0.05, 0) is 42.3 Å². The van der Waals surface area contributed by atoms with Gasteiger partial charge in [-0.3, -0.25) is 4.57 Å². The van der Waals surface area contributed by atoms with E-state index in [1.54, 1.807) is 18.5 Å². The minimum atomic E-state index is -2.90. The lowest BCUT2D eigenvalue weighted by Crippen LogP contribution is -2.03. The molecule has 0 amide bonds. The van der Waals surface area contributed by atoms with E-state index in [4.69, 9.17) is 16.3 Å². The van der Waals surface area contributed by atoms with Crippen molar-refractivity contribution in [3.05, 3.63) is 58.9 Å². The summed E-state index contributed by atoms with van der Waals surface area (Å²) in [5.41, 5.74) is 2.72. The molecule has 0 radical (unpaired) electrons. The highest BCUT2D eigenvalue weighted by molar-refractivity contribution is 7.98. The lowest BCUT2D eigenvalue weighted by molar-refractivity contribution is -0.0512. The van der Waals surface area contributed by atoms with Crippen LogP contribution in [0, 0.1) is 6.92 Å². The molecule has 3 rings (SSSR count). The van der Waals surface area contributed by atoms with E-state index in [1.807, 2.05) is 29.7 Å². The Labute approximate surface area is 164 Å². The van der Waals surface area contributed by atoms with Crippen LogP contribution in [0.3, 0.4) is 0 Å². The number of nitrogens with zero attached hydrogens (tertiary/aromatic N) is 3. The summed E-state index contributed by atoms with van der Waals surface area (Å²) in [6, 6.07) is 10.5. The smallest absolute Gasteiger partial charge is 0.387 e. The first-order valence-electron chi connectivity index (χ1n) is 7.89. The fraction of sp³-hybridized carbons (Fsp3) is 0.222. The number of aromatic nitrogens is 3. The number of methoxy groups -OCH3 is 1. The van der Waals surface area contributed by atoms with Crippen LogP contribution in [0.1, 0.15) is 11.1 Å². The molecule has 0 aliphatic heterocycles. The number of halogens is 3. The van der Waals surface area contributed by atoms with E-state index < -0.39 is 6.61 Å². The van der Waals surface area contributed by atoms with Crippen molar-refractivity contribution in [2.45, 2.75) is 24.4 Å². The highest BCUT2D eigenvalue weighted by Crippen LogP contribution is 2.32. The van der Waals surface area contributed by atoms with Gasteiger partial charge < -0.3 is 9.47 Å².